The highest BCUT2D eigenvalue weighted by Crippen LogP contribution is 2.40. The van der Waals surface area contributed by atoms with Crippen LogP contribution in [0.4, 0.5) is 0 Å². The van der Waals surface area contributed by atoms with Gasteiger partial charge in [0.2, 0.25) is 0 Å². The molecule has 0 aromatic heterocycles. The van der Waals surface area contributed by atoms with Crippen molar-refractivity contribution in [3.8, 4) is 17.2 Å². The van der Waals surface area contributed by atoms with Crippen molar-refractivity contribution in [3.05, 3.63) is 52.6 Å². The van der Waals surface area contributed by atoms with Crippen LogP contribution in [0, 0.1) is 0 Å². The van der Waals surface area contributed by atoms with Gasteiger partial charge < -0.3 is 24.4 Å². The number of rotatable bonds is 8. The van der Waals surface area contributed by atoms with Crippen LogP contribution in [0.5, 0.6) is 17.2 Å². The molecule has 0 saturated heterocycles. The maximum Gasteiger partial charge on any atom is 0.161 e. The quantitative estimate of drug-likeness (QED) is 0.728. The summed E-state index contributed by atoms with van der Waals surface area (Å²) in [4.78, 5) is 2.11. The van der Waals surface area contributed by atoms with Crippen LogP contribution in [0.15, 0.2) is 30.3 Å². The highest BCUT2D eigenvalue weighted by atomic mass is 16.5. The summed E-state index contributed by atoms with van der Waals surface area (Å²) in [5.74, 6) is 2.97. The van der Waals surface area contributed by atoms with Crippen molar-refractivity contribution >= 4 is 0 Å². The lowest BCUT2D eigenvalue weighted by Gasteiger charge is -2.30. The molecule has 1 heterocycles. The Balaban J connectivity index is 1.99. The van der Waals surface area contributed by atoms with Crippen LogP contribution >= 0.6 is 0 Å². The molecule has 0 aliphatic carbocycles. The molecule has 1 unspecified atom stereocenters. The fourth-order valence-corrected chi connectivity index (χ4v) is 3.78. The average molecular weight is 399 g/mol. The molecule has 0 amide bonds. The lowest BCUT2D eigenvalue weighted by Crippen LogP contribution is -2.31. The first-order valence-electron chi connectivity index (χ1n) is 10.3. The summed E-state index contributed by atoms with van der Waals surface area (Å²) in [6.45, 7) is 6.79. The van der Waals surface area contributed by atoms with Crippen LogP contribution < -0.4 is 19.5 Å². The number of nitrogens with one attached hydrogen (secondary N) is 1. The van der Waals surface area contributed by atoms with E-state index in [1.807, 2.05) is 14.1 Å². The molecule has 0 spiro atoms. The van der Waals surface area contributed by atoms with Gasteiger partial charge in [0.1, 0.15) is 12.4 Å². The molecule has 0 fully saturated rings. The fourth-order valence-electron chi connectivity index (χ4n) is 3.78. The minimum absolute atomic E-state index is 0.0667. The number of fused-ring (bicyclic) bond motifs is 1. The monoisotopic (exact) mass is 398 g/mol. The van der Waals surface area contributed by atoms with E-state index in [1.165, 1.54) is 16.7 Å². The Labute approximate surface area is 175 Å². The van der Waals surface area contributed by atoms with Crippen molar-refractivity contribution in [2.24, 2.45) is 0 Å². The predicted molar refractivity (Wildman–Crippen MR) is 118 cm³/mol. The second-order valence-electron chi connectivity index (χ2n) is 8.15. The first kappa shape index (κ1) is 21.5. The number of hydrogen-bond donors (Lipinski definition) is 1. The maximum atomic E-state index is 6.07. The van der Waals surface area contributed by atoms with Gasteiger partial charge in [-0.1, -0.05) is 26.0 Å². The second-order valence-corrected chi connectivity index (χ2v) is 8.15. The first-order valence-corrected chi connectivity index (χ1v) is 10.3. The molecule has 2 aromatic carbocycles. The van der Waals surface area contributed by atoms with Crippen molar-refractivity contribution in [1.82, 2.24) is 10.2 Å². The minimum atomic E-state index is 0.0667. The van der Waals surface area contributed by atoms with Gasteiger partial charge in [-0.2, -0.15) is 0 Å². The third-order valence-corrected chi connectivity index (χ3v) is 5.51. The van der Waals surface area contributed by atoms with Crippen molar-refractivity contribution in [2.75, 3.05) is 48.0 Å². The Kier molecular flexibility index (Phi) is 7.04. The van der Waals surface area contributed by atoms with Gasteiger partial charge in [0.25, 0.3) is 0 Å². The lowest BCUT2D eigenvalue weighted by atomic mass is 9.88. The maximum absolute atomic E-state index is 6.07. The zero-order valence-corrected chi connectivity index (χ0v) is 18.5. The molecular formula is C24H34N2O3. The van der Waals surface area contributed by atoms with Crippen LogP contribution in [-0.2, 0) is 6.42 Å². The number of hydrogen-bond acceptors (Lipinski definition) is 5. The van der Waals surface area contributed by atoms with Gasteiger partial charge in [-0.3, -0.25) is 0 Å². The number of methoxy groups -OCH3 is 2. The summed E-state index contributed by atoms with van der Waals surface area (Å²) >= 11 is 0. The molecule has 158 valence electrons. The molecule has 2 aromatic rings. The van der Waals surface area contributed by atoms with Gasteiger partial charge >= 0.3 is 0 Å². The van der Waals surface area contributed by atoms with Gasteiger partial charge in [0, 0.05) is 18.7 Å². The molecule has 1 N–H and O–H groups in total. The third-order valence-electron chi connectivity index (χ3n) is 5.51. The van der Waals surface area contributed by atoms with E-state index in [0.717, 1.165) is 42.3 Å². The smallest absolute Gasteiger partial charge is 0.161 e. The second kappa shape index (κ2) is 9.51. The van der Waals surface area contributed by atoms with Crippen molar-refractivity contribution < 1.29 is 14.2 Å². The highest BCUT2D eigenvalue weighted by Gasteiger charge is 2.26. The molecule has 1 aliphatic heterocycles. The average Bonchev–Trinajstić information content (AvgIpc) is 2.72. The minimum Gasteiger partial charge on any atom is -0.496 e. The predicted octanol–water partition coefficient (Wildman–Crippen LogP) is 4.00. The largest absolute Gasteiger partial charge is 0.496 e. The summed E-state index contributed by atoms with van der Waals surface area (Å²) in [6.07, 6.45) is 0.965. The van der Waals surface area contributed by atoms with E-state index in [2.05, 4.69) is 54.4 Å². The fraction of sp³-hybridized carbons (Fsp3) is 0.500. The van der Waals surface area contributed by atoms with Crippen molar-refractivity contribution in [3.63, 3.8) is 0 Å². The Morgan fingerprint density at radius 3 is 2.41 bits per heavy atom. The van der Waals surface area contributed by atoms with Crippen LogP contribution in [0.1, 0.15) is 48.1 Å². The molecule has 5 heteroatoms. The van der Waals surface area contributed by atoms with Gasteiger partial charge in [0.15, 0.2) is 11.5 Å². The lowest BCUT2D eigenvalue weighted by molar-refractivity contribution is 0.250. The van der Waals surface area contributed by atoms with E-state index in [4.69, 9.17) is 14.2 Å². The normalized spacial score (nSPS) is 16.1. The standard InChI is InChI=1S/C24H34N2O3/c1-16(2)17-7-8-19(21(13-17)27-5)24-20-15-23(29-12-11-26(3)4)22(28-6)14-18(20)9-10-25-24/h7-8,13-16,24-25H,9-12H2,1-6H3. The van der Waals surface area contributed by atoms with E-state index in [-0.39, 0.29) is 6.04 Å². The molecule has 0 radical (unpaired) electrons. The molecular weight excluding hydrogens is 364 g/mol. The highest BCUT2D eigenvalue weighted by molar-refractivity contribution is 5.54. The Hall–Kier alpha value is -2.24. The molecule has 1 aliphatic rings. The summed E-state index contributed by atoms with van der Waals surface area (Å²) in [5.41, 5.74) is 4.96. The van der Waals surface area contributed by atoms with Crippen LogP contribution in [0.2, 0.25) is 0 Å². The molecule has 5 nitrogen and oxygen atoms in total. The summed E-state index contributed by atoms with van der Waals surface area (Å²) in [7, 11) is 7.53. The van der Waals surface area contributed by atoms with Crippen molar-refractivity contribution in [1.29, 1.82) is 0 Å². The van der Waals surface area contributed by atoms with Gasteiger partial charge in [-0.25, -0.2) is 0 Å². The number of benzene rings is 2. The third kappa shape index (κ3) is 4.85. The van der Waals surface area contributed by atoms with Gasteiger partial charge in [-0.15, -0.1) is 0 Å². The SMILES string of the molecule is COc1cc2c(cc1OCCN(C)C)C(c1ccc(C(C)C)cc1OC)NCC2. The van der Waals surface area contributed by atoms with Crippen LogP contribution in [-0.4, -0.2) is 52.9 Å². The van der Waals surface area contributed by atoms with E-state index in [1.54, 1.807) is 14.2 Å². The van der Waals surface area contributed by atoms with E-state index >= 15 is 0 Å². The first-order chi connectivity index (χ1) is 13.9. The summed E-state index contributed by atoms with van der Waals surface area (Å²) < 4.78 is 17.5. The summed E-state index contributed by atoms with van der Waals surface area (Å²) in [5, 5.41) is 3.67. The molecule has 0 saturated carbocycles. The molecule has 3 rings (SSSR count). The van der Waals surface area contributed by atoms with E-state index in [9.17, 15) is 0 Å². The van der Waals surface area contributed by atoms with E-state index < -0.39 is 0 Å². The molecule has 0 bridgehead atoms. The number of nitrogens with zero attached hydrogens (tertiary/aromatic N) is 1. The molecule has 1 atom stereocenters. The van der Waals surface area contributed by atoms with Crippen LogP contribution in [0.25, 0.3) is 0 Å². The molecule has 29 heavy (non-hydrogen) atoms. The zero-order chi connectivity index (χ0) is 21.0. The number of likely N-dealkylation sites (N-methyl/N-ethyl adjacent to an activating group) is 1. The zero-order valence-electron chi connectivity index (χ0n) is 18.5. The van der Waals surface area contributed by atoms with Crippen LogP contribution in [0.3, 0.4) is 0 Å². The summed E-state index contributed by atoms with van der Waals surface area (Å²) in [6, 6.07) is 10.9. The topological polar surface area (TPSA) is 43.0 Å². The Morgan fingerprint density at radius 2 is 1.76 bits per heavy atom. The van der Waals surface area contributed by atoms with Crippen molar-refractivity contribution in [2.45, 2.75) is 32.2 Å². The van der Waals surface area contributed by atoms with Gasteiger partial charge in [0.05, 0.1) is 20.3 Å². The number of ether oxygens (including phenoxy) is 3. The van der Waals surface area contributed by atoms with Gasteiger partial charge in [-0.05, 0) is 61.3 Å². The Bertz CT molecular complexity index is 833. The Morgan fingerprint density at radius 1 is 1.00 bits per heavy atom. The van der Waals surface area contributed by atoms with E-state index in [0.29, 0.717) is 12.5 Å².